The lowest BCUT2D eigenvalue weighted by atomic mass is 10.1. The van der Waals surface area contributed by atoms with Gasteiger partial charge in [-0.2, -0.15) is 0 Å². The molecule has 2 aromatic carbocycles. The van der Waals surface area contributed by atoms with Crippen molar-refractivity contribution in [3.63, 3.8) is 0 Å². The van der Waals surface area contributed by atoms with E-state index in [1.165, 1.54) is 0 Å². The number of aromatic hydroxyl groups is 1. The Morgan fingerprint density at radius 2 is 1.69 bits per heavy atom. The van der Waals surface area contributed by atoms with E-state index in [-0.39, 0.29) is 24.0 Å². The van der Waals surface area contributed by atoms with Crippen molar-refractivity contribution < 1.29 is 10.2 Å². The van der Waals surface area contributed by atoms with Gasteiger partial charge in [-0.15, -0.1) is 24.0 Å². The number of nitrogens with one attached hydrogen (secondary N) is 1. The summed E-state index contributed by atoms with van der Waals surface area (Å²) in [5, 5.41) is 23.8. The quantitative estimate of drug-likeness (QED) is 0.317. The number of anilines is 1. The molecule has 7 heteroatoms. The summed E-state index contributed by atoms with van der Waals surface area (Å²) >= 11 is 0. The minimum absolute atomic E-state index is 0. The Kier molecular flexibility index (Phi) is 9.53. The van der Waals surface area contributed by atoms with Crippen molar-refractivity contribution in [1.82, 2.24) is 10.2 Å². The van der Waals surface area contributed by atoms with Crippen molar-refractivity contribution in [2.75, 3.05) is 44.2 Å². The van der Waals surface area contributed by atoms with Crippen LogP contribution in [-0.4, -0.2) is 66.4 Å². The maximum absolute atomic E-state index is 10.3. The van der Waals surface area contributed by atoms with E-state index in [1.807, 2.05) is 55.5 Å². The lowest BCUT2D eigenvalue weighted by molar-refractivity contribution is 0.183. The van der Waals surface area contributed by atoms with E-state index >= 15 is 0 Å². The van der Waals surface area contributed by atoms with Crippen LogP contribution in [0.3, 0.4) is 0 Å². The number of para-hydroxylation sites is 2. The van der Waals surface area contributed by atoms with Crippen molar-refractivity contribution in [2.24, 2.45) is 4.99 Å². The Morgan fingerprint density at radius 1 is 1.03 bits per heavy atom. The highest BCUT2D eigenvalue weighted by Crippen LogP contribution is 2.27. The number of hydrogen-bond acceptors (Lipinski definition) is 4. The summed E-state index contributed by atoms with van der Waals surface area (Å²) in [7, 11) is 0. The minimum atomic E-state index is -0.501. The summed E-state index contributed by atoms with van der Waals surface area (Å²) in [6, 6.07) is 17.5. The van der Waals surface area contributed by atoms with Crippen LogP contribution in [0, 0.1) is 0 Å². The van der Waals surface area contributed by atoms with Crippen LogP contribution in [0.1, 0.15) is 12.5 Å². The first-order chi connectivity index (χ1) is 13.7. The van der Waals surface area contributed by atoms with Crippen LogP contribution in [0.2, 0.25) is 0 Å². The van der Waals surface area contributed by atoms with E-state index in [0.29, 0.717) is 18.7 Å². The molecule has 3 N–H and O–H groups in total. The van der Waals surface area contributed by atoms with Gasteiger partial charge in [-0.1, -0.05) is 42.5 Å². The first-order valence-corrected chi connectivity index (χ1v) is 9.95. The van der Waals surface area contributed by atoms with Crippen LogP contribution >= 0.6 is 24.0 Å². The number of halogens is 1. The molecule has 0 amide bonds. The Bertz CT molecular complexity index is 764. The van der Waals surface area contributed by atoms with Gasteiger partial charge in [0.15, 0.2) is 5.96 Å². The number of nitrogens with zero attached hydrogens (tertiary/aromatic N) is 3. The normalized spacial score (nSPS) is 15.6. The van der Waals surface area contributed by atoms with Crippen molar-refractivity contribution >= 4 is 35.6 Å². The number of benzene rings is 2. The van der Waals surface area contributed by atoms with E-state index in [0.717, 1.165) is 49.9 Å². The lowest BCUT2D eigenvalue weighted by Gasteiger charge is -2.38. The molecule has 1 saturated heterocycles. The molecule has 1 unspecified atom stereocenters. The van der Waals surface area contributed by atoms with Gasteiger partial charge in [-0.25, -0.2) is 0 Å². The molecule has 0 aromatic heterocycles. The number of aliphatic hydroxyl groups excluding tert-OH is 1. The van der Waals surface area contributed by atoms with Gasteiger partial charge < -0.3 is 25.3 Å². The number of phenolic OH excluding ortho intramolecular Hbond substituents is 1. The molecule has 2 aromatic rings. The molecule has 1 aliphatic rings. The SMILES string of the molecule is CCNC(=NCC(O)Cc1ccccc1)N1CCN(c2ccccc2O)CC1.I. The number of phenols is 1. The van der Waals surface area contributed by atoms with Crippen molar-refractivity contribution in [3.8, 4) is 5.75 Å². The van der Waals surface area contributed by atoms with Gasteiger partial charge >= 0.3 is 0 Å². The first-order valence-electron chi connectivity index (χ1n) is 9.95. The second-order valence-electron chi connectivity index (χ2n) is 7.00. The van der Waals surface area contributed by atoms with Gasteiger partial charge in [-0.05, 0) is 24.6 Å². The molecule has 0 radical (unpaired) electrons. The summed E-state index contributed by atoms with van der Waals surface area (Å²) in [6.45, 7) is 6.46. The minimum Gasteiger partial charge on any atom is -0.506 e. The molecule has 1 aliphatic heterocycles. The van der Waals surface area contributed by atoms with Crippen LogP contribution < -0.4 is 10.2 Å². The Hall–Kier alpha value is -2.00. The summed E-state index contributed by atoms with van der Waals surface area (Å²) in [4.78, 5) is 9.07. The summed E-state index contributed by atoms with van der Waals surface area (Å²) in [6.07, 6.45) is 0.101. The third-order valence-corrected chi connectivity index (χ3v) is 4.90. The molecule has 6 nitrogen and oxygen atoms in total. The zero-order valence-corrected chi connectivity index (χ0v) is 19.2. The van der Waals surface area contributed by atoms with Crippen LogP contribution in [0.5, 0.6) is 5.75 Å². The van der Waals surface area contributed by atoms with Crippen LogP contribution in [0.15, 0.2) is 59.6 Å². The van der Waals surface area contributed by atoms with Crippen molar-refractivity contribution in [3.05, 3.63) is 60.2 Å². The third kappa shape index (κ3) is 6.78. The summed E-state index contributed by atoms with van der Waals surface area (Å²) in [5.41, 5.74) is 1.99. The second-order valence-corrected chi connectivity index (χ2v) is 7.00. The highest BCUT2D eigenvalue weighted by atomic mass is 127. The second kappa shape index (κ2) is 11.9. The molecule has 1 fully saturated rings. The number of rotatable bonds is 6. The standard InChI is InChI=1S/C22H30N4O2.HI/c1-2-23-22(24-17-19(27)16-18-8-4-3-5-9-18)26-14-12-25(13-15-26)20-10-6-7-11-21(20)28;/h3-11,19,27-28H,2,12-17H2,1H3,(H,23,24);1H. The molecule has 0 saturated carbocycles. The molecule has 0 bridgehead atoms. The molecular weight excluding hydrogens is 479 g/mol. The first kappa shape index (κ1) is 23.3. The number of aliphatic imine (C=N–C) groups is 1. The van der Waals surface area contributed by atoms with Crippen LogP contribution in [0.25, 0.3) is 0 Å². The van der Waals surface area contributed by atoms with E-state index in [9.17, 15) is 10.2 Å². The smallest absolute Gasteiger partial charge is 0.194 e. The predicted molar refractivity (Wildman–Crippen MR) is 129 cm³/mol. The maximum atomic E-state index is 10.3. The zero-order chi connectivity index (χ0) is 19.8. The highest BCUT2D eigenvalue weighted by molar-refractivity contribution is 14.0. The molecule has 29 heavy (non-hydrogen) atoms. The van der Waals surface area contributed by atoms with Gasteiger partial charge in [0.05, 0.1) is 18.3 Å². The monoisotopic (exact) mass is 510 g/mol. The molecule has 0 aliphatic carbocycles. The fraction of sp³-hybridized carbons (Fsp3) is 0.409. The Balaban J connectivity index is 0.00000300. The Labute approximate surface area is 190 Å². The van der Waals surface area contributed by atoms with Crippen LogP contribution in [0.4, 0.5) is 5.69 Å². The molecule has 1 heterocycles. The van der Waals surface area contributed by atoms with E-state index in [2.05, 4.69) is 20.1 Å². The number of aliphatic hydroxyl groups is 1. The molecule has 158 valence electrons. The molecule has 3 rings (SSSR count). The lowest BCUT2D eigenvalue weighted by Crippen LogP contribution is -2.52. The molecular formula is C22H31IN4O2. The maximum Gasteiger partial charge on any atom is 0.194 e. The summed E-state index contributed by atoms with van der Waals surface area (Å²) < 4.78 is 0. The van der Waals surface area contributed by atoms with Gasteiger partial charge in [0.25, 0.3) is 0 Å². The molecule has 1 atom stereocenters. The van der Waals surface area contributed by atoms with Gasteiger partial charge in [0, 0.05) is 39.1 Å². The van der Waals surface area contributed by atoms with Gasteiger partial charge in [0.1, 0.15) is 5.75 Å². The van der Waals surface area contributed by atoms with Crippen molar-refractivity contribution in [2.45, 2.75) is 19.4 Å². The fourth-order valence-electron chi connectivity index (χ4n) is 3.46. The topological polar surface area (TPSA) is 71.3 Å². The number of guanidine groups is 1. The third-order valence-electron chi connectivity index (χ3n) is 4.90. The summed E-state index contributed by atoms with van der Waals surface area (Å²) in [5.74, 6) is 1.16. The average Bonchev–Trinajstić information content (AvgIpc) is 2.72. The largest absolute Gasteiger partial charge is 0.506 e. The van der Waals surface area contributed by atoms with Crippen molar-refractivity contribution in [1.29, 1.82) is 0 Å². The Morgan fingerprint density at radius 3 is 2.34 bits per heavy atom. The zero-order valence-electron chi connectivity index (χ0n) is 16.9. The van der Waals surface area contributed by atoms with E-state index in [1.54, 1.807) is 6.07 Å². The highest BCUT2D eigenvalue weighted by Gasteiger charge is 2.21. The average molecular weight is 510 g/mol. The van der Waals surface area contributed by atoms with E-state index < -0.39 is 6.10 Å². The molecule has 0 spiro atoms. The van der Waals surface area contributed by atoms with E-state index in [4.69, 9.17) is 0 Å². The van der Waals surface area contributed by atoms with Gasteiger partial charge in [-0.3, -0.25) is 4.99 Å². The van der Waals surface area contributed by atoms with Gasteiger partial charge in [0.2, 0.25) is 0 Å². The number of hydrogen-bond donors (Lipinski definition) is 3. The number of piperazine rings is 1. The fourth-order valence-corrected chi connectivity index (χ4v) is 3.46. The predicted octanol–water partition coefficient (Wildman–Crippen LogP) is 2.70. The van der Waals surface area contributed by atoms with Crippen LogP contribution in [-0.2, 0) is 6.42 Å².